The van der Waals surface area contributed by atoms with Gasteiger partial charge in [0.1, 0.15) is 5.03 Å². The van der Waals surface area contributed by atoms with Crippen LogP contribution >= 0.6 is 11.8 Å². The first-order chi connectivity index (χ1) is 11.3. The van der Waals surface area contributed by atoms with Crippen molar-refractivity contribution in [3.05, 3.63) is 66.0 Å². The van der Waals surface area contributed by atoms with Crippen molar-refractivity contribution in [2.24, 2.45) is 0 Å². The lowest BCUT2D eigenvalue weighted by Gasteiger charge is -2.10. The lowest BCUT2D eigenvalue weighted by Crippen LogP contribution is -2.31. The van der Waals surface area contributed by atoms with Crippen molar-refractivity contribution in [3.63, 3.8) is 0 Å². The Morgan fingerprint density at radius 3 is 2.78 bits per heavy atom. The van der Waals surface area contributed by atoms with Crippen LogP contribution < -0.4 is 5.32 Å². The van der Waals surface area contributed by atoms with E-state index >= 15 is 0 Å². The van der Waals surface area contributed by atoms with Crippen LogP contribution in [0.3, 0.4) is 0 Å². The van der Waals surface area contributed by atoms with Crippen molar-refractivity contribution in [1.82, 2.24) is 15.3 Å². The number of H-pyrrole nitrogens is 1. The summed E-state index contributed by atoms with van der Waals surface area (Å²) in [5.74, 6) is 0.00156. The minimum Gasteiger partial charge on any atom is -0.358 e. The van der Waals surface area contributed by atoms with Crippen molar-refractivity contribution < 1.29 is 4.79 Å². The largest absolute Gasteiger partial charge is 0.358 e. The Morgan fingerprint density at radius 2 is 1.96 bits per heavy atom. The summed E-state index contributed by atoms with van der Waals surface area (Å²) in [6.07, 6.45) is 2.65. The molecule has 2 N–H and O–H groups in total. The van der Waals surface area contributed by atoms with Gasteiger partial charge in [-0.3, -0.25) is 4.79 Å². The highest BCUT2D eigenvalue weighted by molar-refractivity contribution is 7.99. The molecule has 0 unspecified atom stereocenters. The van der Waals surface area contributed by atoms with Gasteiger partial charge in [-0.05, 0) is 30.3 Å². The lowest BCUT2D eigenvalue weighted by molar-refractivity contribution is 0.0946. The number of nitrogens with zero attached hydrogens (tertiary/aromatic N) is 1. The molecule has 0 saturated heterocycles. The smallest absolute Gasteiger partial charge is 0.253 e. The van der Waals surface area contributed by atoms with E-state index in [1.807, 2.05) is 36.4 Å². The van der Waals surface area contributed by atoms with Gasteiger partial charge in [-0.15, -0.1) is 0 Å². The zero-order valence-electron chi connectivity index (χ0n) is 12.4. The number of hydrogen-bond donors (Lipinski definition) is 2. The van der Waals surface area contributed by atoms with Crippen LogP contribution in [0.4, 0.5) is 0 Å². The molecule has 1 aromatic carbocycles. The number of hydrogen-bond acceptors (Lipinski definition) is 3. The summed E-state index contributed by atoms with van der Waals surface area (Å²) in [6, 6.07) is 16.1. The summed E-state index contributed by atoms with van der Waals surface area (Å²) in [6.45, 7) is 0.692. The van der Waals surface area contributed by atoms with Gasteiger partial charge in [0, 0.05) is 41.0 Å². The number of benzene rings is 1. The Labute approximate surface area is 138 Å². The van der Waals surface area contributed by atoms with Crippen LogP contribution in [0.15, 0.2) is 64.6 Å². The molecule has 0 atom stereocenters. The molecule has 2 aromatic heterocycles. The third-order valence-electron chi connectivity index (χ3n) is 3.82. The van der Waals surface area contributed by atoms with Gasteiger partial charge in [0.05, 0.1) is 5.56 Å². The molecular weight excluding hydrogens is 306 g/mol. The van der Waals surface area contributed by atoms with Crippen molar-refractivity contribution in [2.45, 2.75) is 16.3 Å². The second-order valence-corrected chi connectivity index (χ2v) is 6.47. The van der Waals surface area contributed by atoms with Crippen molar-refractivity contribution in [3.8, 4) is 11.3 Å². The molecule has 0 radical (unpaired) electrons. The number of pyridine rings is 1. The topological polar surface area (TPSA) is 57.8 Å². The molecule has 4 nitrogen and oxygen atoms in total. The highest BCUT2D eigenvalue weighted by Gasteiger charge is 2.20. The molecule has 23 heavy (non-hydrogen) atoms. The maximum absolute atomic E-state index is 11.9. The Kier molecular flexibility index (Phi) is 3.63. The molecule has 0 spiro atoms. The van der Waals surface area contributed by atoms with Gasteiger partial charge in [0.25, 0.3) is 5.91 Å². The zero-order valence-corrected chi connectivity index (χ0v) is 13.2. The fourth-order valence-corrected chi connectivity index (χ4v) is 3.53. The number of amides is 1. The summed E-state index contributed by atoms with van der Waals surface area (Å²) in [5, 5.41) is 3.81. The second kappa shape index (κ2) is 5.93. The minimum absolute atomic E-state index is 0.00156. The predicted molar refractivity (Wildman–Crippen MR) is 90.6 cm³/mol. The Hall–Kier alpha value is -2.53. The van der Waals surface area contributed by atoms with Crippen LogP contribution in [-0.2, 0) is 6.42 Å². The summed E-state index contributed by atoms with van der Waals surface area (Å²) in [4.78, 5) is 20.8. The normalized spacial score (nSPS) is 13.5. The van der Waals surface area contributed by atoms with Gasteiger partial charge >= 0.3 is 0 Å². The van der Waals surface area contributed by atoms with E-state index in [1.54, 1.807) is 18.0 Å². The molecule has 0 saturated carbocycles. The second-order valence-electron chi connectivity index (χ2n) is 5.38. The van der Waals surface area contributed by atoms with E-state index in [9.17, 15) is 4.79 Å². The lowest BCUT2D eigenvalue weighted by atomic mass is 10.1. The SMILES string of the molecule is O=C1NCCc2[nH]c(-c3ccnc(Sc4ccccc4)c3)cc21. The van der Waals surface area contributed by atoms with Crippen LogP contribution in [-0.4, -0.2) is 22.4 Å². The number of fused-ring (bicyclic) bond motifs is 1. The van der Waals surface area contributed by atoms with E-state index in [0.29, 0.717) is 6.54 Å². The molecule has 4 rings (SSSR count). The van der Waals surface area contributed by atoms with E-state index in [-0.39, 0.29) is 5.91 Å². The molecule has 3 heterocycles. The Balaban J connectivity index is 1.65. The molecule has 0 bridgehead atoms. The molecule has 1 amide bonds. The van der Waals surface area contributed by atoms with Crippen LogP contribution in [0.25, 0.3) is 11.3 Å². The third-order valence-corrected chi connectivity index (χ3v) is 4.76. The zero-order chi connectivity index (χ0) is 15.6. The van der Waals surface area contributed by atoms with Crippen LogP contribution in [0.2, 0.25) is 0 Å². The number of carbonyl (C=O) groups is 1. The van der Waals surface area contributed by atoms with E-state index in [1.165, 1.54) is 0 Å². The number of rotatable bonds is 3. The van der Waals surface area contributed by atoms with Gasteiger partial charge in [0.15, 0.2) is 0 Å². The molecule has 5 heteroatoms. The average molecular weight is 321 g/mol. The first-order valence-electron chi connectivity index (χ1n) is 7.49. The molecular formula is C18H15N3OS. The fraction of sp³-hybridized carbons (Fsp3) is 0.111. The fourth-order valence-electron chi connectivity index (χ4n) is 2.69. The molecule has 0 aliphatic carbocycles. The van der Waals surface area contributed by atoms with Gasteiger partial charge in [-0.25, -0.2) is 4.98 Å². The number of aromatic amines is 1. The molecule has 1 aliphatic heterocycles. The number of aromatic nitrogens is 2. The summed E-state index contributed by atoms with van der Waals surface area (Å²) in [5.41, 5.74) is 3.77. The van der Waals surface area contributed by atoms with E-state index in [0.717, 1.165) is 38.9 Å². The van der Waals surface area contributed by atoms with E-state index in [4.69, 9.17) is 0 Å². The van der Waals surface area contributed by atoms with Crippen molar-refractivity contribution >= 4 is 17.7 Å². The van der Waals surface area contributed by atoms with Gasteiger partial charge in [-0.2, -0.15) is 0 Å². The molecule has 1 aliphatic rings. The van der Waals surface area contributed by atoms with Crippen LogP contribution in [0.1, 0.15) is 16.1 Å². The Morgan fingerprint density at radius 1 is 1.09 bits per heavy atom. The maximum Gasteiger partial charge on any atom is 0.253 e. The standard InChI is InChI=1S/C18H15N3OS/c22-18-14-11-16(21-15(14)7-9-20-18)12-6-8-19-17(10-12)23-13-4-2-1-3-5-13/h1-6,8,10-11,21H,7,9H2,(H,20,22). The monoisotopic (exact) mass is 321 g/mol. The highest BCUT2D eigenvalue weighted by Crippen LogP contribution is 2.30. The van der Waals surface area contributed by atoms with E-state index in [2.05, 4.69) is 27.4 Å². The van der Waals surface area contributed by atoms with Crippen LogP contribution in [0, 0.1) is 0 Å². The molecule has 0 fully saturated rings. The molecule has 3 aromatic rings. The summed E-state index contributed by atoms with van der Waals surface area (Å²) < 4.78 is 0. The van der Waals surface area contributed by atoms with Crippen molar-refractivity contribution in [2.75, 3.05) is 6.54 Å². The predicted octanol–water partition coefficient (Wildman–Crippen LogP) is 3.51. The number of carbonyl (C=O) groups excluding carboxylic acids is 1. The first kappa shape index (κ1) is 14.1. The van der Waals surface area contributed by atoms with Gasteiger partial charge in [-0.1, -0.05) is 30.0 Å². The van der Waals surface area contributed by atoms with Crippen LogP contribution in [0.5, 0.6) is 0 Å². The average Bonchev–Trinajstić information content (AvgIpc) is 3.02. The number of nitrogens with one attached hydrogen (secondary N) is 2. The van der Waals surface area contributed by atoms with Gasteiger partial charge in [0.2, 0.25) is 0 Å². The van der Waals surface area contributed by atoms with Gasteiger partial charge < -0.3 is 10.3 Å². The summed E-state index contributed by atoms with van der Waals surface area (Å²) in [7, 11) is 0. The highest BCUT2D eigenvalue weighted by atomic mass is 32.2. The molecule has 114 valence electrons. The Bertz CT molecular complexity index is 858. The minimum atomic E-state index is 0.00156. The quantitative estimate of drug-likeness (QED) is 0.776. The van der Waals surface area contributed by atoms with E-state index < -0.39 is 0 Å². The third kappa shape index (κ3) is 2.87. The summed E-state index contributed by atoms with van der Waals surface area (Å²) >= 11 is 1.63. The van der Waals surface area contributed by atoms with Crippen molar-refractivity contribution in [1.29, 1.82) is 0 Å². The maximum atomic E-state index is 11.9. The first-order valence-corrected chi connectivity index (χ1v) is 8.31.